The maximum atomic E-state index is 12.4. The van der Waals surface area contributed by atoms with Gasteiger partial charge in [-0.05, 0) is 29.8 Å². The fourth-order valence-electron chi connectivity index (χ4n) is 1.90. The Kier molecular flexibility index (Phi) is 4.10. The van der Waals surface area contributed by atoms with Gasteiger partial charge < -0.3 is 0 Å². The number of nitro groups is 1. The van der Waals surface area contributed by atoms with Gasteiger partial charge in [-0.2, -0.15) is 0 Å². The van der Waals surface area contributed by atoms with Gasteiger partial charge in [0.2, 0.25) is 0 Å². The summed E-state index contributed by atoms with van der Waals surface area (Å²) in [6.07, 6.45) is 3.16. The largest absolute Gasteiger partial charge is 0.293 e. The molecule has 0 radical (unpaired) electrons. The molecule has 1 atom stereocenters. The number of aromatic nitrogens is 1. The summed E-state index contributed by atoms with van der Waals surface area (Å²) in [5.74, 6) is -0.808. The molecule has 1 aromatic carbocycles. The Morgan fingerprint density at radius 3 is 2.55 bits per heavy atom. The zero-order valence-corrected chi connectivity index (χ0v) is 11.4. The molecule has 0 bridgehead atoms. The second-order valence-electron chi connectivity index (χ2n) is 4.29. The SMILES string of the molecule is CC(C(=O)c1ccc(Cl)cc1[N+](=O)[O-])c1ccncc1. The zero-order chi connectivity index (χ0) is 14.7. The molecule has 0 aliphatic rings. The molecule has 2 rings (SSSR count). The lowest BCUT2D eigenvalue weighted by Crippen LogP contribution is -2.12. The first-order valence-corrected chi connectivity index (χ1v) is 6.26. The molecule has 0 amide bonds. The number of carbonyl (C=O) groups is 1. The van der Waals surface area contributed by atoms with E-state index in [0.717, 1.165) is 5.56 Å². The highest BCUT2D eigenvalue weighted by Gasteiger charge is 2.25. The Morgan fingerprint density at radius 1 is 1.30 bits per heavy atom. The molecule has 0 aliphatic carbocycles. The van der Waals surface area contributed by atoms with Crippen molar-refractivity contribution in [3.05, 3.63) is 69.0 Å². The minimum atomic E-state index is -0.599. The van der Waals surface area contributed by atoms with E-state index in [1.165, 1.54) is 18.2 Å². The molecule has 0 saturated carbocycles. The van der Waals surface area contributed by atoms with Gasteiger partial charge in [-0.3, -0.25) is 19.9 Å². The van der Waals surface area contributed by atoms with Crippen LogP contribution in [0.25, 0.3) is 0 Å². The Morgan fingerprint density at radius 2 is 1.95 bits per heavy atom. The first-order valence-electron chi connectivity index (χ1n) is 5.89. The first-order chi connectivity index (χ1) is 9.50. The molecule has 6 heteroatoms. The van der Waals surface area contributed by atoms with E-state index < -0.39 is 10.8 Å². The van der Waals surface area contributed by atoms with Crippen LogP contribution in [0.15, 0.2) is 42.7 Å². The highest BCUT2D eigenvalue weighted by Crippen LogP contribution is 2.28. The minimum Gasteiger partial charge on any atom is -0.293 e. The minimum absolute atomic E-state index is 0.0590. The molecule has 1 unspecified atom stereocenters. The summed E-state index contributed by atoms with van der Waals surface area (Å²) in [4.78, 5) is 26.7. The number of hydrogen-bond donors (Lipinski definition) is 0. The molecule has 2 aromatic rings. The molecular formula is C14H11ClN2O3. The lowest BCUT2D eigenvalue weighted by molar-refractivity contribution is -0.385. The van der Waals surface area contributed by atoms with Gasteiger partial charge in [0.05, 0.1) is 10.5 Å². The van der Waals surface area contributed by atoms with Gasteiger partial charge in [0.15, 0.2) is 5.78 Å². The number of nitrogens with zero attached hydrogens (tertiary/aromatic N) is 2. The van der Waals surface area contributed by atoms with Crippen molar-refractivity contribution in [1.29, 1.82) is 0 Å². The number of rotatable bonds is 4. The third-order valence-electron chi connectivity index (χ3n) is 3.02. The predicted molar refractivity (Wildman–Crippen MR) is 75.1 cm³/mol. The van der Waals surface area contributed by atoms with Crippen LogP contribution < -0.4 is 0 Å². The normalized spacial score (nSPS) is 11.9. The molecular weight excluding hydrogens is 280 g/mol. The molecule has 1 heterocycles. The van der Waals surface area contributed by atoms with E-state index in [1.807, 2.05) is 0 Å². The standard InChI is InChI=1S/C14H11ClN2O3/c1-9(10-4-6-16-7-5-10)14(18)12-3-2-11(15)8-13(12)17(19)20/h2-9H,1H3. The number of benzene rings is 1. The van der Waals surface area contributed by atoms with Crippen molar-refractivity contribution in [2.75, 3.05) is 0 Å². The first kappa shape index (κ1) is 14.1. The number of ketones is 1. The second kappa shape index (κ2) is 5.79. The molecule has 0 fully saturated rings. The van der Waals surface area contributed by atoms with Gasteiger partial charge >= 0.3 is 0 Å². The molecule has 20 heavy (non-hydrogen) atoms. The maximum Gasteiger partial charge on any atom is 0.281 e. The highest BCUT2D eigenvalue weighted by molar-refractivity contribution is 6.31. The van der Waals surface area contributed by atoms with Crippen molar-refractivity contribution in [2.24, 2.45) is 0 Å². The highest BCUT2D eigenvalue weighted by atomic mass is 35.5. The summed E-state index contributed by atoms with van der Waals surface area (Å²) >= 11 is 5.74. The van der Waals surface area contributed by atoms with Crippen molar-refractivity contribution in [3.8, 4) is 0 Å². The van der Waals surface area contributed by atoms with E-state index >= 15 is 0 Å². The number of halogens is 1. The maximum absolute atomic E-state index is 12.4. The number of hydrogen-bond acceptors (Lipinski definition) is 4. The zero-order valence-electron chi connectivity index (χ0n) is 10.6. The van der Waals surface area contributed by atoms with Gasteiger partial charge in [0, 0.05) is 29.4 Å². The van der Waals surface area contributed by atoms with Crippen molar-refractivity contribution in [2.45, 2.75) is 12.8 Å². The lowest BCUT2D eigenvalue weighted by atomic mass is 9.92. The quantitative estimate of drug-likeness (QED) is 0.489. The number of carbonyl (C=O) groups excluding carboxylic acids is 1. The Bertz CT molecular complexity index is 659. The third kappa shape index (κ3) is 2.83. The summed E-state index contributed by atoms with van der Waals surface area (Å²) in [5, 5.41) is 11.2. The topological polar surface area (TPSA) is 73.1 Å². The predicted octanol–water partition coefficient (Wildman–Crippen LogP) is 3.63. The van der Waals surface area contributed by atoms with Crippen LogP contribution in [-0.4, -0.2) is 15.7 Å². The van der Waals surface area contributed by atoms with Crippen molar-refractivity contribution < 1.29 is 9.72 Å². The summed E-state index contributed by atoms with van der Waals surface area (Å²) in [7, 11) is 0. The van der Waals surface area contributed by atoms with E-state index in [2.05, 4.69) is 4.98 Å². The molecule has 0 spiro atoms. The van der Waals surface area contributed by atoms with Crippen molar-refractivity contribution in [1.82, 2.24) is 4.98 Å². The Labute approximate surface area is 120 Å². The van der Waals surface area contributed by atoms with Crippen LogP contribution in [0.4, 0.5) is 5.69 Å². The van der Waals surface area contributed by atoms with E-state index in [0.29, 0.717) is 0 Å². The van der Waals surface area contributed by atoms with E-state index in [4.69, 9.17) is 11.6 Å². The number of pyridine rings is 1. The van der Waals surface area contributed by atoms with Crippen LogP contribution in [0, 0.1) is 10.1 Å². The summed E-state index contributed by atoms with van der Waals surface area (Å²) in [6, 6.07) is 7.48. The van der Waals surface area contributed by atoms with Gasteiger partial charge in [-0.25, -0.2) is 0 Å². The van der Waals surface area contributed by atoms with Crippen LogP contribution in [0.2, 0.25) is 5.02 Å². The molecule has 0 saturated heterocycles. The Balaban J connectivity index is 2.41. The molecule has 0 aliphatic heterocycles. The van der Waals surface area contributed by atoms with Crippen LogP contribution in [-0.2, 0) is 0 Å². The van der Waals surface area contributed by atoms with Crippen molar-refractivity contribution in [3.63, 3.8) is 0 Å². The summed E-state index contributed by atoms with van der Waals surface area (Å²) in [6.45, 7) is 1.70. The van der Waals surface area contributed by atoms with Gasteiger partial charge in [0.25, 0.3) is 5.69 Å². The van der Waals surface area contributed by atoms with Crippen LogP contribution in [0.1, 0.15) is 28.8 Å². The van der Waals surface area contributed by atoms with Gasteiger partial charge in [-0.1, -0.05) is 18.5 Å². The van der Waals surface area contributed by atoms with Gasteiger partial charge in [-0.15, -0.1) is 0 Å². The fourth-order valence-corrected chi connectivity index (χ4v) is 2.07. The van der Waals surface area contributed by atoms with Gasteiger partial charge in [0.1, 0.15) is 0 Å². The second-order valence-corrected chi connectivity index (χ2v) is 4.72. The molecule has 5 nitrogen and oxygen atoms in total. The summed E-state index contributed by atoms with van der Waals surface area (Å²) in [5.41, 5.74) is 0.543. The Hall–Kier alpha value is -2.27. The van der Waals surface area contributed by atoms with Crippen LogP contribution in [0.3, 0.4) is 0 Å². The lowest BCUT2D eigenvalue weighted by Gasteiger charge is -2.11. The molecule has 1 aromatic heterocycles. The van der Waals surface area contributed by atoms with E-state index in [9.17, 15) is 14.9 Å². The van der Waals surface area contributed by atoms with E-state index in [-0.39, 0.29) is 22.1 Å². The number of nitro benzene ring substituents is 1. The smallest absolute Gasteiger partial charge is 0.281 e. The average molecular weight is 291 g/mol. The monoisotopic (exact) mass is 290 g/mol. The average Bonchev–Trinajstić information content (AvgIpc) is 2.46. The molecule has 102 valence electrons. The van der Waals surface area contributed by atoms with E-state index in [1.54, 1.807) is 31.5 Å². The van der Waals surface area contributed by atoms with Crippen molar-refractivity contribution >= 4 is 23.1 Å². The summed E-state index contributed by atoms with van der Waals surface area (Å²) < 4.78 is 0. The molecule has 0 N–H and O–H groups in total. The van der Waals surface area contributed by atoms with Crippen LogP contribution in [0.5, 0.6) is 0 Å². The van der Waals surface area contributed by atoms with Crippen LogP contribution >= 0.6 is 11.6 Å². The third-order valence-corrected chi connectivity index (χ3v) is 3.26. The fraction of sp³-hybridized carbons (Fsp3) is 0.143. The number of Topliss-reactive ketones (excluding diaryl/α,β-unsaturated/α-hetero) is 1.